The summed E-state index contributed by atoms with van der Waals surface area (Å²) in [5.41, 5.74) is 21.2. The van der Waals surface area contributed by atoms with Gasteiger partial charge in [0.25, 0.3) is 0 Å². The molecule has 0 aliphatic carbocycles. The standard InChI is InChI=1S/C34H34N3.C25H24N3.C20H22N3.C18H18N3.2CH4.4Ir.3H2/c1-23(2)25-16-20-32(21-17-25)37-33(35-24(3)36-37)30-9-7-8-29(22-30)28-12-10-26(11-13-28)27-14-18-31(19-15-27)34(4,5)6;1-3-8-19(2)28-25(26-18-27-28)24-12-7-11-23(17-24)22-15-13-21(14-16-22)20-9-5-4-6-10-20;1-4-9-15(2)23-20(21-16(3)22-23)19-13-8-12-18(14-19)17-10-6-5-7-11-17;1-13(2)21-18(19-14(3)20-21)17-11-7-10-16(12-17)15-8-5-4-6-9-15;;;;;;;;;/h7-8,10-23H,1-6H3;4-7,9-11,13-19H,3,8H2,1-2H3;5-8,10-12,14-15H,4,9H2,1-3H3;4-10,12-13H,1-3H3;2*1H4;;;;;3*1H/q4*-1;;;;;;;;;/i;;;3D3,13D;2*1D;;;;;3*1+1D. The first-order valence-electron chi connectivity index (χ1n) is 44.7. The van der Waals surface area contributed by atoms with Crippen molar-refractivity contribution < 1.29 is 97.6 Å². The molecule has 0 bridgehead atoms. The van der Waals surface area contributed by atoms with Crippen LogP contribution in [-0.4, -0.2) is 59.1 Å². The van der Waals surface area contributed by atoms with Gasteiger partial charge >= 0.3 is 0 Å². The fourth-order valence-electron chi connectivity index (χ4n) is 13.2. The monoisotopic (exact) mass is 2250 g/mol. The zero-order chi connectivity index (χ0) is 90.0. The molecule has 608 valence electrons. The average Bonchev–Trinajstić information content (AvgIpc) is 1.65. The Balaban J connectivity index is 0.000000424. The smallest absolute Gasteiger partial charge is 0.137 e. The molecule has 0 saturated heterocycles. The topological polar surface area (TPSA) is 123 Å². The maximum absolute atomic E-state index is 8.26. The van der Waals surface area contributed by atoms with E-state index in [-0.39, 0.29) is 91.7 Å². The first-order chi connectivity index (χ1) is 59.3. The van der Waals surface area contributed by atoms with Crippen molar-refractivity contribution in [3.05, 3.63) is 320 Å². The fourth-order valence-corrected chi connectivity index (χ4v) is 13.2. The van der Waals surface area contributed by atoms with Gasteiger partial charge in [0, 0.05) is 114 Å². The minimum atomic E-state index is -2.43. The third-order valence-electron chi connectivity index (χ3n) is 19.1. The van der Waals surface area contributed by atoms with E-state index in [1.807, 2.05) is 101 Å². The SMILES string of the molecule is CCCC(C)n1nc(C)nc1-c1[c-]ccc(-c2ccccc2)c1.CCCC(C)n1ncnc1-c1[c-]ccc(-c2ccc(-c3ccccc3)cc2)c1.Cc1nc(-c2[c-]ccc(-c3ccc(-c4ccc(C(C)(C)C)cc4)cc3)c2)n(-c2ccc(C(C)C)cc2)n1.[2H]C.[2H]C.[2H]C([2H])([2H])c1nc(-c2[c-]ccc(-c3ccccc3)c2)n(C([2H])(C)C)n1.[2H][2H].[2H][2H].[2H][2H].[Ir].[Ir].[Ir].[Ir]. The van der Waals surface area contributed by atoms with Crippen LogP contribution in [0.4, 0.5) is 0 Å². The molecule has 0 N–H and O–H groups in total. The van der Waals surface area contributed by atoms with Crippen LogP contribution in [0, 0.1) is 45.0 Å². The van der Waals surface area contributed by atoms with Crippen LogP contribution in [-0.2, 0) is 85.8 Å². The van der Waals surface area contributed by atoms with E-state index in [0.29, 0.717) is 29.4 Å². The van der Waals surface area contributed by atoms with Crippen molar-refractivity contribution in [3.63, 3.8) is 0 Å². The van der Waals surface area contributed by atoms with Gasteiger partial charge in [0.05, 0.1) is 30.4 Å². The zero-order valence-electron chi connectivity index (χ0n) is 80.2. The second-order valence-electron chi connectivity index (χ2n) is 29.0. The van der Waals surface area contributed by atoms with Gasteiger partial charge in [0.1, 0.15) is 23.8 Å². The Morgan fingerprint density at radius 3 is 1.15 bits per heavy atom. The first-order valence-corrected chi connectivity index (χ1v) is 37.7. The van der Waals surface area contributed by atoms with Crippen LogP contribution < -0.4 is 0 Å². The van der Waals surface area contributed by atoms with Crippen molar-refractivity contribution >= 4 is 0 Å². The summed E-state index contributed by atoms with van der Waals surface area (Å²) in [7, 11) is 2.50. The summed E-state index contributed by atoms with van der Waals surface area (Å²) < 4.78 is 79.7. The molecule has 4 radical (unpaired) electrons. The van der Waals surface area contributed by atoms with E-state index in [4.69, 9.17) is 22.1 Å². The number of hydrogen-bond acceptors (Lipinski definition) is 8. The van der Waals surface area contributed by atoms with Gasteiger partial charge in [-0.2, -0.15) is 20.4 Å². The Kier molecular flexibility index (Phi) is 31.3. The van der Waals surface area contributed by atoms with Crippen LogP contribution >= 0.6 is 0 Å². The molecule has 0 saturated carbocycles. The van der Waals surface area contributed by atoms with Gasteiger partial charge in [-0.1, -0.05) is 252 Å². The van der Waals surface area contributed by atoms with Gasteiger partial charge in [0.2, 0.25) is 0 Å². The van der Waals surface area contributed by atoms with Crippen LogP contribution in [0.2, 0.25) is 0 Å². The molecular formula is C99H112Ir4N12-4. The van der Waals surface area contributed by atoms with E-state index in [9.17, 15) is 0 Å². The summed E-state index contributed by atoms with van der Waals surface area (Å²) in [5.74, 6) is 4.68. The van der Waals surface area contributed by atoms with E-state index in [1.165, 1.54) is 69.6 Å². The molecule has 0 fully saturated rings. The molecule has 0 amide bonds. The van der Waals surface area contributed by atoms with Gasteiger partial charge in [0.15, 0.2) is 0 Å². The van der Waals surface area contributed by atoms with Crippen LogP contribution in [0.25, 0.3) is 118 Å². The minimum Gasteiger partial charge on any atom is -0.283 e. The van der Waals surface area contributed by atoms with Crippen molar-refractivity contribution in [2.75, 3.05) is 0 Å². The van der Waals surface area contributed by atoms with Gasteiger partial charge < -0.3 is 0 Å². The van der Waals surface area contributed by atoms with Crippen molar-refractivity contribution in [1.82, 2.24) is 59.1 Å². The van der Waals surface area contributed by atoms with E-state index in [0.717, 1.165) is 105 Å². The molecule has 2 unspecified atom stereocenters. The molecule has 15 rings (SSSR count). The summed E-state index contributed by atoms with van der Waals surface area (Å²) in [5, 5.41) is 17.8. The molecule has 12 nitrogen and oxygen atoms in total. The van der Waals surface area contributed by atoms with Crippen LogP contribution in [0.5, 0.6) is 0 Å². The van der Waals surface area contributed by atoms with Gasteiger partial charge in [-0.3, -0.25) is 38.7 Å². The number of rotatable bonds is 19. The summed E-state index contributed by atoms with van der Waals surface area (Å²) in [6.45, 7) is 24.6. The number of aryl methyl sites for hydroxylation is 3. The largest absolute Gasteiger partial charge is 0.283 e. The average molecular weight is 2250 g/mol. The van der Waals surface area contributed by atoms with Crippen molar-refractivity contribution in [2.45, 2.75) is 167 Å². The molecule has 115 heavy (non-hydrogen) atoms. The molecule has 0 aliphatic rings. The van der Waals surface area contributed by atoms with Crippen molar-refractivity contribution in [3.8, 4) is 118 Å². The summed E-state index contributed by atoms with van der Waals surface area (Å²) in [4.78, 5) is 18.1. The Bertz CT molecular complexity index is 5610. The number of nitrogens with zero attached hydrogens (tertiary/aromatic N) is 12. The Hall–Kier alpha value is -9.42. The second kappa shape index (κ2) is 44.6. The first kappa shape index (κ1) is 80.8. The van der Waals surface area contributed by atoms with Crippen LogP contribution in [0.3, 0.4) is 0 Å². The molecule has 0 spiro atoms. The third kappa shape index (κ3) is 24.4. The van der Waals surface area contributed by atoms with E-state index in [1.54, 1.807) is 26.2 Å². The summed E-state index contributed by atoms with van der Waals surface area (Å²) in [6.07, 6.45) is 6.06. The molecule has 4 heterocycles. The minimum absolute atomic E-state index is 0. The Morgan fingerprint density at radius 1 is 0.409 bits per heavy atom. The van der Waals surface area contributed by atoms with Crippen LogP contribution in [0.1, 0.15) is 186 Å². The molecule has 16 heteroatoms. The van der Waals surface area contributed by atoms with E-state index < -0.39 is 12.9 Å². The molecule has 11 aromatic carbocycles. The third-order valence-corrected chi connectivity index (χ3v) is 19.1. The quantitative estimate of drug-likeness (QED) is 0.0734. The maximum atomic E-state index is 8.26. The number of aromatic nitrogens is 12. The van der Waals surface area contributed by atoms with Crippen molar-refractivity contribution in [1.29, 1.82) is 0 Å². The maximum Gasteiger partial charge on any atom is 0.137 e. The Morgan fingerprint density at radius 2 is 0.748 bits per heavy atom. The molecule has 0 aliphatic heterocycles. The molecule has 2 atom stereocenters. The fraction of sp³-hybridized carbons (Fsp3) is 0.253. The normalized spacial score (nSPS) is 12.2. The molecule has 4 aromatic heterocycles. The number of benzene rings is 11. The molecular weight excluding hydrogens is 2130 g/mol. The predicted octanol–water partition coefficient (Wildman–Crippen LogP) is 26.6. The van der Waals surface area contributed by atoms with Crippen LogP contribution in [0.15, 0.2) is 267 Å². The number of hydrogen-bond donors (Lipinski definition) is 0. The van der Waals surface area contributed by atoms with Gasteiger partial charge in [-0.15, -0.1) is 142 Å². The van der Waals surface area contributed by atoms with Gasteiger partial charge in [-0.05, 0) is 140 Å². The zero-order valence-corrected chi connectivity index (χ0v) is 77.7. The van der Waals surface area contributed by atoms with Crippen molar-refractivity contribution in [2.24, 2.45) is 0 Å². The Labute approximate surface area is 755 Å². The summed E-state index contributed by atoms with van der Waals surface area (Å²) >= 11 is 0. The van der Waals surface area contributed by atoms with E-state index in [2.05, 4.69) is 304 Å². The van der Waals surface area contributed by atoms with Gasteiger partial charge in [-0.25, -0.2) is 0 Å². The van der Waals surface area contributed by atoms with E-state index >= 15 is 0 Å². The molecule has 15 aromatic rings. The second-order valence-corrected chi connectivity index (χ2v) is 29.0. The summed E-state index contributed by atoms with van der Waals surface area (Å²) in [6, 6.07) is 102. The predicted molar refractivity (Wildman–Crippen MR) is 468 cm³/mol.